The van der Waals surface area contributed by atoms with Crippen molar-refractivity contribution in [3.8, 4) is 5.75 Å². The summed E-state index contributed by atoms with van der Waals surface area (Å²) in [6.07, 6.45) is 0. The molecule has 1 aromatic heterocycles. The van der Waals surface area contributed by atoms with Crippen LogP contribution in [0.5, 0.6) is 5.75 Å². The van der Waals surface area contributed by atoms with Gasteiger partial charge in [-0.1, -0.05) is 30.3 Å². The predicted molar refractivity (Wildman–Crippen MR) is 82.9 cm³/mol. The van der Waals surface area contributed by atoms with E-state index in [1.54, 1.807) is 19.2 Å². The van der Waals surface area contributed by atoms with Gasteiger partial charge in [-0.3, -0.25) is 4.79 Å². The smallest absolute Gasteiger partial charge is 0.215 e. The average Bonchev–Trinajstić information content (AvgIpc) is 2.54. The number of nitrogens with zero attached hydrogens (tertiary/aromatic N) is 1. The van der Waals surface area contributed by atoms with Crippen LogP contribution in [0.15, 0.2) is 54.6 Å². The zero-order chi connectivity index (χ0) is 14.8. The topological polar surface area (TPSA) is 39.2 Å². The molecule has 1 heterocycles. The Hall–Kier alpha value is -2.68. The number of carbonyl (C=O) groups excluding carboxylic acids is 1. The maximum atomic E-state index is 12.7. The molecule has 0 aliphatic heterocycles. The Morgan fingerprint density at radius 1 is 1.05 bits per heavy atom. The fourth-order valence-electron chi connectivity index (χ4n) is 2.44. The first-order valence-corrected chi connectivity index (χ1v) is 6.75. The summed E-state index contributed by atoms with van der Waals surface area (Å²) in [7, 11) is 1.56. The first-order chi connectivity index (χ1) is 10.2. The summed E-state index contributed by atoms with van der Waals surface area (Å²) in [4.78, 5) is 17.2. The van der Waals surface area contributed by atoms with Crippen molar-refractivity contribution in [2.45, 2.75) is 6.92 Å². The fourth-order valence-corrected chi connectivity index (χ4v) is 2.44. The molecule has 3 heteroatoms. The molecule has 0 radical (unpaired) electrons. The lowest BCUT2D eigenvalue weighted by atomic mass is 10.0. The third kappa shape index (κ3) is 2.38. The van der Waals surface area contributed by atoms with Gasteiger partial charge in [-0.2, -0.15) is 0 Å². The van der Waals surface area contributed by atoms with Crippen LogP contribution in [0.1, 0.15) is 21.6 Å². The van der Waals surface area contributed by atoms with Gasteiger partial charge in [0, 0.05) is 5.39 Å². The molecule has 0 aliphatic carbocycles. The number of hydrogen-bond donors (Lipinski definition) is 0. The number of carbonyl (C=O) groups is 1. The van der Waals surface area contributed by atoms with E-state index in [2.05, 4.69) is 4.98 Å². The highest BCUT2D eigenvalue weighted by molar-refractivity contribution is 6.10. The minimum atomic E-state index is -0.124. The van der Waals surface area contributed by atoms with Gasteiger partial charge in [0.05, 0.1) is 18.2 Å². The number of fused-ring (bicyclic) bond motifs is 1. The van der Waals surface area contributed by atoms with Crippen LogP contribution in [0.3, 0.4) is 0 Å². The lowest BCUT2D eigenvalue weighted by Crippen LogP contribution is -2.07. The van der Waals surface area contributed by atoms with Crippen molar-refractivity contribution in [1.82, 2.24) is 4.98 Å². The molecule has 0 amide bonds. The molecule has 0 unspecified atom stereocenters. The van der Waals surface area contributed by atoms with E-state index in [1.807, 2.05) is 49.4 Å². The number of pyridine rings is 1. The molecular formula is C18H15NO2. The van der Waals surface area contributed by atoms with Crippen molar-refractivity contribution < 1.29 is 9.53 Å². The molecule has 0 saturated heterocycles. The van der Waals surface area contributed by atoms with E-state index in [1.165, 1.54) is 0 Å². The van der Waals surface area contributed by atoms with Gasteiger partial charge in [-0.25, -0.2) is 4.98 Å². The maximum absolute atomic E-state index is 12.7. The van der Waals surface area contributed by atoms with E-state index < -0.39 is 0 Å². The highest BCUT2D eigenvalue weighted by atomic mass is 16.5. The molecule has 0 N–H and O–H groups in total. The molecule has 0 fully saturated rings. The van der Waals surface area contributed by atoms with Crippen LogP contribution in [0.25, 0.3) is 10.9 Å². The minimum absolute atomic E-state index is 0.124. The number of aryl methyl sites for hydroxylation is 1. The Morgan fingerprint density at radius 2 is 1.76 bits per heavy atom. The summed E-state index contributed by atoms with van der Waals surface area (Å²) in [5.74, 6) is 0.441. The van der Waals surface area contributed by atoms with Crippen molar-refractivity contribution >= 4 is 16.7 Å². The Balaban J connectivity index is 2.14. The number of rotatable bonds is 3. The summed E-state index contributed by atoms with van der Waals surface area (Å²) in [5.41, 5.74) is 2.84. The van der Waals surface area contributed by atoms with Crippen molar-refractivity contribution in [2.24, 2.45) is 0 Å². The van der Waals surface area contributed by atoms with Crippen molar-refractivity contribution in [3.63, 3.8) is 0 Å². The molecule has 3 aromatic rings. The molecule has 0 atom stereocenters. The van der Waals surface area contributed by atoms with E-state index >= 15 is 0 Å². The second-order valence-electron chi connectivity index (χ2n) is 4.87. The van der Waals surface area contributed by atoms with Crippen LogP contribution in [-0.4, -0.2) is 17.9 Å². The van der Waals surface area contributed by atoms with Crippen LogP contribution in [0, 0.1) is 6.92 Å². The fraction of sp³-hybridized carbons (Fsp3) is 0.111. The predicted octanol–water partition coefficient (Wildman–Crippen LogP) is 3.78. The van der Waals surface area contributed by atoms with E-state index in [-0.39, 0.29) is 5.78 Å². The normalized spacial score (nSPS) is 10.6. The molecule has 2 aromatic carbocycles. The van der Waals surface area contributed by atoms with Gasteiger partial charge in [0.25, 0.3) is 0 Å². The van der Waals surface area contributed by atoms with Gasteiger partial charge >= 0.3 is 0 Å². The van der Waals surface area contributed by atoms with Gasteiger partial charge in [-0.05, 0) is 36.8 Å². The second kappa shape index (κ2) is 5.37. The van der Waals surface area contributed by atoms with E-state index in [0.717, 1.165) is 16.5 Å². The average molecular weight is 277 g/mol. The first-order valence-electron chi connectivity index (χ1n) is 6.75. The van der Waals surface area contributed by atoms with E-state index in [4.69, 9.17) is 4.74 Å². The number of para-hydroxylation sites is 2. The van der Waals surface area contributed by atoms with Gasteiger partial charge < -0.3 is 4.74 Å². The molecule has 0 spiro atoms. The number of benzene rings is 2. The molecule has 3 rings (SSSR count). The minimum Gasteiger partial charge on any atom is -0.496 e. The van der Waals surface area contributed by atoms with Crippen LogP contribution >= 0.6 is 0 Å². The Kier molecular flexibility index (Phi) is 3.40. The standard InChI is InChI=1S/C18H15NO2/c1-12-11-16(19-15-9-5-3-7-13(12)15)18(20)14-8-4-6-10-17(14)21-2/h3-11H,1-2H3. The molecule has 0 saturated carbocycles. The highest BCUT2D eigenvalue weighted by Gasteiger charge is 2.16. The third-order valence-corrected chi connectivity index (χ3v) is 3.51. The first kappa shape index (κ1) is 13.3. The zero-order valence-electron chi connectivity index (χ0n) is 12.0. The number of aromatic nitrogens is 1. The Morgan fingerprint density at radius 3 is 2.57 bits per heavy atom. The number of ketones is 1. The number of ether oxygens (including phenoxy) is 1. The van der Waals surface area contributed by atoms with E-state index in [0.29, 0.717) is 17.0 Å². The van der Waals surface area contributed by atoms with E-state index in [9.17, 15) is 4.79 Å². The summed E-state index contributed by atoms with van der Waals surface area (Å²) >= 11 is 0. The maximum Gasteiger partial charge on any atom is 0.215 e. The van der Waals surface area contributed by atoms with Crippen molar-refractivity contribution in [1.29, 1.82) is 0 Å². The molecule has 3 nitrogen and oxygen atoms in total. The molecular weight excluding hydrogens is 262 g/mol. The van der Waals surface area contributed by atoms with Gasteiger partial charge in [0.2, 0.25) is 5.78 Å². The van der Waals surface area contributed by atoms with Crippen molar-refractivity contribution in [3.05, 3.63) is 71.4 Å². The number of hydrogen-bond acceptors (Lipinski definition) is 3. The summed E-state index contributed by atoms with van der Waals surface area (Å²) < 4.78 is 5.26. The molecule has 21 heavy (non-hydrogen) atoms. The zero-order valence-corrected chi connectivity index (χ0v) is 12.0. The monoisotopic (exact) mass is 277 g/mol. The Bertz CT molecular complexity index is 824. The summed E-state index contributed by atoms with van der Waals surface area (Å²) in [5, 5.41) is 1.06. The molecule has 0 aliphatic rings. The van der Waals surface area contributed by atoms with Crippen LogP contribution in [0.4, 0.5) is 0 Å². The van der Waals surface area contributed by atoms with Gasteiger partial charge in [0.15, 0.2) is 0 Å². The summed E-state index contributed by atoms with van der Waals surface area (Å²) in [6, 6.07) is 16.9. The van der Waals surface area contributed by atoms with Crippen LogP contribution < -0.4 is 4.74 Å². The SMILES string of the molecule is COc1ccccc1C(=O)c1cc(C)c2ccccc2n1. The lowest BCUT2D eigenvalue weighted by Gasteiger charge is -2.09. The quantitative estimate of drug-likeness (QED) is 0.684. The summed E-state index contributed by atoms with van der Waals surface area (Å²) in [6.45, 7) is 1.99. The Labute approximate surface area is 123 Å². The highest BCUT2D eigenvalue weighted by Crippen LogP contribution is 2.23. The van der Waals surface area contributed by atoms with Crippen molar-refractivity contribution in [2.75, 3.05) is 7.11 Å². The van der Waals surface area contributed by atoms with Gasteiger partial charge in [-0.15, -0.1) is 0 Å². The third-order valence-electron chi connectivity index (χ3n) is 3.51. The number of methoxy groups -OCH3 is 1. The molecule has 104 valence electrons. The lowest BCUT2D eigenvalue weighted by molar-refractivity contribution is 0.103. The largest absolute Gasteiger partial charge is 0.496 e. The van der Waals surface area contributed by atoms with Gasteiger partial charge in [0.1, 0.15) is 11.4 Å². The molecule has 0 bridgehead atoms. The second-order valence-corrected chi connectivity index (χ2v) is 4.87. The van der Waals surface area contributed by atoms with Crippen LogP contribution in [0.2, 0.25) is 0 Å². The van der Waals surface area contributed by atoms with Crippen LogP contribution in [-0.2, 0) is 0 Å².